The van der Waals surface area contributed by atoms with Crippen molar-refractivity contribution in [2.24, 2.45) is 0 Å². The van der Waals surface area contributed by atoms with E-state index in [2.05, 4.69) is 103 Å². The zero-order valence-corrected chi connectivity index (χ0v) is 41.5. The molecular weight excluding hydrogens is 861 g/mol. The number of hydrogen-bond acceptors (Lipinski definition) is 11. The Morgan fingerprint density at radius 1 is 0.591 bits per heavy atom. The fraction of sp³-hybridized carbons (Fsp3) is 0.717. The van der Waals surface area contributed by atoms with Gasteiger partial charge in [0.25, 0.3) is 0 Å². The highest BCUT2D eigenvalue weighted by Crippen LogP contribution is 2.26. The van der Waals surface area contributed by atoms with Crippen molar-refractivity contribution in [1.29, 1.82) is 0 Å². The van der Waals surface area contributed by atoms with E-state index in [-0.39, 0.29) is 19.6 Å². The van der Waals surface area contributed by atoms with Crippen molar-refractivity contribution >= 4 is 16.4 Å². The highest BCUT2D eigenvalue weighted by Gasteiger charge is 2.48. The predicted molar refractivity (Wildman–Crippen MR) is 266 cm³/mol. The van der Waals surface area contributed by atoms with Gasteiger partial charge in [0.1, 0.15) is 30.5 Å². The van der Waals surface area contributed by atoms with E-state index < -0.39 is 59.8 Å². The van der Waals surface area contributed by atoms with Crippen LogP contribution in [0.1, 0.15) is 181 Å². The number of esters is 1. The van der Waals surface area contributed by atoms with Crippen molar-refractivity contribution in [3.63, 3.8) is 0 Å². The van der Waals surface area contributed by atoms with Crippen LogP contribution in [0.25, 0.3) is 0 Å². The first kappa shape index (κ1) is 61.3. The molecular formula is C53H90O12S. The zero-order chi connectivity index (χ0) is 48.2. The Morgan fingerprint density at radius 3 is 1.53 bits per heavy atom. The number of aliphatic hydroxyl groups excluding tert-OH is 3. The van der Waals surface area contributed by atoms with Gasteiger partial charge in [-0.25, -0.2) is 4.18 Å². The molecule has 1 rings (SSSR count). The summed E-state index contributed by atoms with van der Waals surface area (Å²) in [5.41, 5.74) is 0. The van der Waals surface area contributed by atoms with E-state index in [0.717, 1.165) is 83.5 Å². The van der Waals surface area contributed by atoms with E-state index >= 15 is 0 Å². The van der Waals surface area contributed by atoms with Crippen LogP contribution in [0.3, 0.4) is 0 Å². The molecule has 0 amide bonds. The van der Waals surface area contributed by atoms with E-state index in [1.807, 2.05) is 0 Å². The number of rotatable bonds is 43. The van der Waals surface area contributed by atoms with Gasteiger partial charge in [0.2, 0.25) is 0 Å². The summed E-state index contributed by atoms with van der Waals surface area (Å²) in [4.78, 5) is 12.9. The first-order valence-electron chi connectivity index (χ1n) is 25.3. The van der Waals surface area contributed by atoms with Crippen molar-refractivity contribution in [2.45, 2.75) is 218 Å². The minimum Gasteiger partial charge on any atom is -0.457 e. The van der Waals surface area contributed by atoms with Crippen LogP contribution in [-0.2, 0) is 38.3 Å². The fourth-order valence-electron chi connectivity index (χ4n) is 7.20. The van der Waals surface area contributed by atoms with E-state index in [1.165, 1.54) is 70.6 Å². The standard InChI is InChI=1S/C53H90O12S/c1-3-5-7-9-11-13-15-17-19-21-23-24-25-26-28-30-32-34-36-38-40-42-49(55)63-47(46-62-53-51(57)52(65-66(58,59)60)50(56)48(44-54)64-53)45-61-43-41-39-37-35-33-31-29-27-22-20-18-16-14-12-10-8-6-4-2/h6,8,12,14-15,17-18,20-21,23,27,29,33,35,47-48,50-54,56-57H,3-5,7,9-11,13,16,19,22,24-26,28,30-32,34,36-46H2,1-2H3,(H,58,59,60)/b8-6-,14-12-,17-15-,20-18-,23-21-,29-27-,35-33-. The number of ether oxygens (including phenoxy) is 4. The van der Waals surface area contributed by atoms with Gasteiger partial charge in [0.05, 0.1) is 19.8 Å². The summed E-state index contributed by atoms with van der Waals surface area (Å²) in [5, 5.41) is 30.7. The molecule has 66 heavy (non-hydrogen) atoms. The SMILES string of the molecule is CC/C=C\C/C=C\C/C=C\C/C=C\C/C=C\CCCCOCC(COC1OC(CO)C(O)C(OS(=O)(=O)O)C1O)OC(=O)CCCCCCCCCCC/C=C\C/C=C\CCCCCCC. The largest absolute Gasteiger partial charge is 0.457 e. The Kier molecular flexibility index (Phi) is 40.4. The summed E-state index contributed by atoms with van der Waals surface area (Å²) in [6.07, 6.45) is 49.0. The second kappa shape index (κ2) is 43.6. The van der Waals surface area contributed by atoms with Crippen molar-refractivity contribution in [1.82, 2.24) is 0 Å². The molecule has 1 heterocycles. The number of hydrogen-bond donors (Lipinski definition) is 4. The van der Waals surface area contributed by atoms with Crippen LogP contribution in [0.2, 0.25) is 0 Å². The molecule has 1 aliphatic heterocycles. The fourth-order valence-corrected chi connectivity index (χ4v) is 7.71. The molecule has 1 fully saturated rings. The van der Waals surface area contributed by atoms with Gasteiger partial charge in [0, 0.05) is 13.0 Å². The Balaban J connectivity index is 2.41. The van der Waals surface area contributed by atoms with Crippen LogP contribution >= 0.6 is 0 Å². The third kappa shape index (κ3) is 36.3. The molecule has 6 unspecified atom stereocenters. The molecule has 4 N–H and O–H groups in total. The molecule has 1 saturated heterocycles. The Hall–Kier alpha value is -2.72. The number of aliphatic hydroxyl groups is 3. The number of carbonyl (C=O) groups excluding carboxylic acids is 1. The average molecular weight is 951 g/mol. The molecule has 380 valence electrons. The smallest absolute Gasteiger partial charge is 0.397 e. The predicted octanol–water partition coefficient (Wildman–Crippen LogP) is 11.6. The molecule has 12 nitrogen and oxygen atoms in total. The summed E-state index contributed by atoms with van der Waals surface area (Å²) >= 11 is 0. The van der Waals surface area contributed by atoms with Gasteiger partial charge in [-0.2, -0.15) is 8.42 Å². The van der Waals surface area contributed by atoms with Crippen LogP contribution in [0.5, 0.6) is 0 Å². The van der Waals surface area contributed by atoms with Crippen molar-refractivity contribution in [2.75, 3.05) is 26.4 Å². The van der Waals surface area contributed by atoms with Crippen LogP contribution < -0.4 is 0 Å². The maximum atomic E-state index is 12.9. The summed E-state index contributed by atoms with van der Waals surface area (Å²) in [5.74, 6) is -0.421. The van der Waals surface area contributed by atoms with E-state index in [4.69, 9.17) is 18.9 Å². The van der Waals surface area contributed by atoms with Crippen LogP contribution in [0.4, 0.5) is 0 Å². The van der Waals surface area contributed by atoms with Crippen LogP contribution in [0.15, 0.2) is 85.1 Å². The molecule has 0 radical (unpaired) electrons. The minimum atomic E-state index is -5.08. The molecule has 0 bridgehead atoms. The van der Waals surface area contributed by atoms with E-state index in [9.17, 15) is 33.1 Å². The number of allylic oxidation sites excluding steroid dienone is 14. The molecule has 0 aromatic heterocycles. The highest BCUT2D eigenvalue weighted by molar-refractivity contribution is 7.80. The Morgan fingerprint density at radius 2 is 1.05 bits per heavy atom. The van der Waals surface area contributed by atoms with Crippen LogP contribution in [-0.4, -0.2) is 97.5 Å². The van der Waals surface area contributed by atoms with Crippen molar-refractivity contribution < 1.29 is 56.2 Å². The third-order valence-corrected chi connectivity index (χ3v) is 11.5. The van der Waals surface area contributed by atoms with Gasteiger partial charge in [-0.3, -0.25) is 9.35 Å². The quantitative estimate of drug-likeness (QED) is 0.0197. The monoisotopic (exact) mass is 951 g/mol. The van der Waals surface area contributed by atoms with Crippen LogP contribution in [0, 0.1) is 0 Å². The molecule has 0 aliphatic carbocycles. The van der Waals surface area contributed by atoms with Gasteiger partial charge < -0.3 is 34.3 Å². The van der Waals surface area contributed by atoms with E-state index in [1.54, 1.807) is 0 Å². The lowest BCUT2D eigenvalue weighted by Crippen LogP contribution is -2.60. The number of unbranched alkanes of at least 4 members (excludes halogenated alkanes) is 16. The normalized spacial score (nSPS) is 20.2. The number of carbonyl (C=O) groups is 1. The second-order valence-electron chi connectivity index (χ2n) is 17.0. The van der Waals surface area contributed by atoms with Gasteiger partial charge in [0.15, 0.2) is 6.29 Å². The maximum absolute atomic E-state index is 12.9. The Bertz CT molecular complexity index is 1470. The van der Waals surface area contributed by atoms with Gasteiger partial charge >= 0.3 is 16.4 Å². The summed E-state index contributed by atoms with van der Waals surface area (Å²) in [7, 11) is -5.08. The summed E-state index contributed by atoms with van der Waals surface area (Å²) in [6.45, 7) is 3.75. The molecule has 1 aliphatic rings. The van der Waals surface area contributed by atoms with Gasteiger partial charge in [-0.1, -0.05) is 170 Å². The maximum Gasteiger partial charge on any atom is 0.397 e. The second-order valence-corrected chi connectivity index (χ2v) is 18.1. The first-order chi connectivity index (χ1) is 32.1. The third-order valence-electron chi connectivity index (χ3n) is 11.0. The van der Waals surface area contributed by atoms with E-state index in [0.29, 0.717) is 13.0 Å². The molecule has 0 aromatic carbocycles. The molecule has 6 atom stereocenters. The highest BCUT2D eigenvalue weighted by atomic mass is 32.3. The molecule has 13 heteroatoms. The minimum absolute atomic E-state index is 0.000165. The lowest BCUT2D eigenvalue weighted by molar-refractivity contribution is -0.301. The Labute approximate surface area is 400 Å². The van der Waals surface area contributed by atoms with Crippen molar-refractivity contribution in [3.8, 4) is 0 Å². The van der Waals surface area contributed by atoms with Gasteiger partial charge in [-0.05, 0) is 89.9 Å². The lowest BCUT2D eigenvalue weighted by Gasteiger charge is -2.41. The lowest BCUT2D eigenvalue weighted by atomic mass is 9.99. The molecule has 0 aromatic rings. The average Bonchev–Trinajstić information content (AvgIpc) is 3.29. The zero-order valence-electron chi connectivity index (χ0n) is 40.7. The summed E-state index contributed by atoms with van der Waals surface area (Å²) in [6, 6.07) is 0. The molecule has 0 saturated carbocycles. The first-order valence-corrected chi connectivity index (χ1v) is 26.7. The van der Waals surface area contributed by atoms with Gasteiger partial charge in [-0.15, -0.1) is 0 Å². The topological polar surface area (TPSA) is 178 Å². The van der Waals surface area contributed by atoms with Crippen molar-refractivity contribution in [3.05, 3.63) is 85.1 Å². The summed E-state index contributed by atoms with van der Waals surface area (Å²) < 4.78 is 59.2. The molecule has 0 spiro atoms.